The highest BCUT2D eigenvalue weighted by molar-refractivity contribution is 5.92. The van der Waals surface area contributed by atoms with Crippen molar-refractivity contribution in [3.05, 3.63) is 0 Å². The van der Waals surface area contributed by atoms with Gasteiger partial charge >= 0.3 is 0 Å². The van der Waals surface area contributed by atoms with Crippen molar-refractivity contribution in [1.29, 1.82) is 0 Å². The molecule has 0 saturated heterocycles. The summed E-state index contributed by atoms with van der Waals surface area (Å²) in [5.41, 5.74) is -2.40. The molecule has 5 nitrogen and oxygen atoms in total. The number of aliphatic hydroxyl groups excluding tert-OH is 2. The first-order chi connectivity index (χ1) is 12.2. The lowest BCUT2D eigenvalue weighted by Gasteiger charge is -2.60. The Balaban J connectivity index is 1.70. The zero-order chi connectivity index (χ0) is 18.9. The Labute approximate surface area is 155 Å². The molecule has 0 heterocycles. The van der Waals surface area contributed by atoms with Crippen molar-refractivity contribution >= 4 is 11.6 Å². The van der Waals surface area contributed by atoms with E-state index in [0.29, 0.717) is 12.3 Å². The van der Waals surface area contributed by atoms with Gasteiger partial charge in [-0.1, -0.05) is 13.8 Å². The van der Waals surface area contributed by atoms with E-state index in [0.717, 1.165) is 38.5 Å². The highest BCUT2D eigenvalue weighted by Crippen LogP contribution is 2.67. The summed E-state index contributed by atoms with van der Waals surface area (Å²) in [6, 6.07) is 0. The second-order valence-electron chi connectivity index (χ2n) is 10.00. The van der Waals surface area contributed by atoms with E-state index in [1.54, 1.807) is 0 Å². The maximum atomic E-state index is 13.4. The third-order valence-corrected chi connectivity index (χ3v) is 9.08. The van der Waals surface area contributed by atoms with E-state index < -0.39 is 23.4 Å². The van der Waals surface area contributed by atoms with Crippen LogP contribution in [0.2, 0.25) is 0 Å². The van der Waals surface area contributed by atoms with Gasteiger partial charge < -0.3 is 15.3 Å². The van der Waals surface area contributed by atoms with Crippen molar-refractivity contribution in [2.24, 2.45) is 34.5 Å². The third kappa shape index (κ3) is 2.20. The van der Waals surface area contributed by atoms with E-state index in [2.05, 4.69) is 6.92 Å². The van der Waals surface area contributed by atoms with Gasteiger partial charge in [0, 0.05) is 17.8 Å². The molecule has 3 N–H and O–H groups in total. The molecule has 0 aromatic heterocycles. The molecule has 0 aromatic rings. The topological polar surface area (TPSA) is 94.8 Å². The largest absolute Gasteiger partial charge is 0.393 e. The molecule has 26 heavy (non-hydrogen) atoms. The van der Waals surface area contributed by atoms with Gasteiger partial charge in [0.25, 0.3) is 0 Å². The van der Waals surface area contributed by atoms with E-state index in [1.807, 2.05) is 6.92 Å². The van der Waals surface area contributed by atoms with Crippen molar-refractivity contribution in [1.82, 2.24) is 0 Å². The number of ketones is 2. The van der Waals surface area contributed by atoms with Crippen LogP contribution in [0.25, 0.3) is 0 Å². The summed E-state index contributed by atoms with van der Waals surface area (Å²) < 4.78 is 0. The zero-order valence-electron chi connectivity index (χ0n) is 15.9. The SMILES string of the molecule is C[C@]12CC[C@@H](O)C[C@H]1CC[C@H]1[C@H]3CC[C@](O)(C(=O)CO)[C@@]3(C)CC(=O)[C@@H]12. The van der Waals surface area contributed by atoms with Crippen molar-refractivity contribution in [2.45, 2.75) is 76.9 Å². The molecule has 0 radical (unpaired) electrons. The van der Waals surface area contributed by atoms with E-state index in [-0.39, 0.29) is 41.5 Å². The van der Waals surface area contributed by atoms with Crippen LogP contribution in [0.5, 0.6) is 0 Å². The minimum Gasteiger partial charge on any atom is -0.393 e. The van der Waals surface area contributed by atoms with Gasteiger partial charge in [0.2, 0.25) is 0 Å². The molecule has 0 amide bonds. The van der Waals surface area contributed by atoms with Crippen LogP contribution in [0, 0.1) is 34.5 Å². The quantitative estimate of drug-likeness (QED) is 0.695. The first-order valence-electron chi connectivity index (χ1n) is 10.2. The second kappa shape index (κ2) is 5.86. The number of carbonyl (C=O) groups excluding carboxylic acids is 2. The van der Waals surface area contributed by atoms with Gasteiger partial charge in [-0.15, -0.1) is 0 Å². The predicted molar refractivity (Wildman–Crippen MR) is 95.2 cm³/mol. The minimum atomic E-state index is -1.58. The summed E-state index contributed by atoms with van der Waals surface area (Å²) in [7, 11) is 0. The molecular weight excluding hydrogens is 332 g/mol. The van der Waals surface area contributed by atoms with Crippen LogP contribution in [-0.4, -0.2) is 45.2 Å². The Morgan fingerprint density at radius 2 is 1.88 bits per heavy atom. The number of rotatable bonds is 2. The standard InChI is InChI=1S/C21H32O5/c1-19-7-5-13(23)9-12(19)3-4-14-15-6-8-21(26,17(25)11-22)20(15,2)10-16(24)18(14)19/h12-15,18,22-23,26H,3-11H2,1-2H3/t12-,13-,14+,15-,18-,19+,20+,21+/m1/s1. The molecule has 0 aliphatic heterocycles. The Hall–Kier alpha value is -0.780. The van der Waals surface area contributed by atoms with Crippen LogP contribution in [0.4, 0.5) is 0 Å². The Morgan fingerprint density at radius 1 is 1.15 bits per heavy atom. The van der Waals surface area contributed by atoms with Gasteiger partial charge in [-0.05, 0) is 68.1 Å². The molecule has 0 bridgehead atoms. The van der Waals surface area contributed by atoms with Gasteiger partial charge in [0.05, 0.1) is 6.10 Å². The first kappa shape index (κ1) is 18.6. The summed E-state index contributed by atoms with van der Waals surface area (Å²) in [6.07, 6.45) is 5.47. The molecule has 8 atom stereocenters. The molecule has 4 saturated carbocycles. The summed E-state index contributed by atoms with van der Waals surface area (Å²) in [6.45, 7) is 3.46. The van der Waals surface area contributed by atoms with Crippen molar-refractivity contribution in [2.75, 3.05) is 6.61 Å². The normalized spacial score (nSPS) is 53.6. The fourth-order valence-corrected chi connectivity index (χ4v) is 7.64. The Bertz CT molecular complexity index is 632. The molecule has 4 aliphatic rings. The van der Waals surface area contributed by atoms with Crippen LogP contribution in [-0.2, 0) is 9.59 Å². The van der Waals surface area contributed by atoms with Crippen molar-refractivity contribution < 1.29 is 24.9 Å². The smallest absolute Gasteiger partial charge is 0.190 e. The van der Waals surface area contributed by atoms with Crippen molar-refractivity contribution in [3.8, 4) is 0 Å². The van der Waals surface area contributed by atoms with Crippen LogP contribution in [0.3, 0.4) is 0 Å². The molecule has 0 unspecified atom stereocenters. The average molecular weight is 364 g/mol. The molecule has 0 aromatic carbocycles. The van der Waals surface area contributed by atoms with Crippen molar-refractivity contribution in [3.63, 3.8) is 0 Å². The Kier molecular flexibility index (Phi) is 4.18. The van der Waals surface area contributed by atoms with Gasteiger partial charge in [0.1, 0.15) is 18.0 Å². The summed E-state index contributed by atoms with van der Waals surface area (Å²) in [5.74, 6) is 0.380. The second-order valence-corrected chi connectivity index (χ2v) is 10.00. The number of carbonyl (C=O) groups is 2. The molecule has 4 aliphatic carbocycles. The number of hydrogen-bond acceptors (Lipinski definition) is 5. The van der Waals surface area contributed by atoms with Crippen LogP contribution in [0.15, 0.2) is 0 Å². The number of fused-ring (bicyclic) bond motifs is 5. The van der Waals surface area contributed by atoms with Crippen LogP contribution >= 0.6 is 0 Å². The van der Waals surface area contributed by atoms with Gasteiger partial charge in [-0.3, -0.25) is 9.59 Å². The molecule has 0 spiro atoms. The highest BCUT2D eigenvalue weighted by Gasteiger charge is 2.68. The number of hydrogen-bond donors (Lipinski definition) is 3. The number of Topliss-reactive ketones (excluding diaryl/α,β-unsaturated/α-hetero) is 2. The van der Waals surface area contributed by atoms with E-state index in [9.17, 15) is 24.9 Å². The van der Waals surface area contributed by atoms with E-state index >= 15 is 0 Å². The monoisotopic (exact) mass is 364 g/mol. The van der Waals surface area contributed by atoms with Gasteiger partial charge in [-0.25, -0.2) is 0 Å². The van der Waals surface area contributed by atoms with Gasteiger partial charge in [-0.2, -0.15) is 0 Å². The Morgan fingerprint density at radius 3 is 2.58 bits per heavy atom. The highest BCUT2D eigenvalue weighted by atomic mass is 16.3. The minimum absolute atomic E-state index is 0.0154. The molecule has 4 fully saturated rings. The molecule has 5 heteroatoms. The number of aliphatic hydroxyl groups is 3. The lowest BCUT2D eigenvalue weighted by atomic mass is 9.44. The van der Waals surface area contributed by atoms with E-state index in [1.165, 1.54) is 0 Å². The predicted octanol–water partition coefficient (Wildman–Crippen LogP) is 1.86. The summed E-state index contributed by atoms with van der Waals surface area (Å²) in [5, 5.41) is 30.6. The maximum Gasteiger partial charge on any atom is 0.190 e. The summed E-state index contributed by atoms with van der Waals surface area (Å²) in [4.78, 5) is 25.7. The first-order valence-corrected chi connectivity index (χ1v) is 10.2. The molecular formula is C21H32O5. The summed E-state index contributed by atoms with van der Waals surface area (Å²) >= 11 is 0. The van der Waals surface area contributed by atoms with Crippen LogP contribution < -0.4 is 0 Å². The maximum absolute atomic E-state index is 13.4. The molecule has 146 valence electrons. The van der Waals surface area contributed by atoms with Crippen LogP contribution in [0.1, 0.15) is 65.2 Å². The lowest BCUT2D eigenvalue weighted by molar-refractivity contribution is -0.180. The van der Waals surface area contributed by atoms with Gasteiger partial charge in [0.15, 0.2) is 5.78 Å². The average Bonchev–Trinajstić information content (AvgIpc) is 2.86. The zero-order valence-corrected chi connectivity index (χ0v) is 15.9. The molecule has 4 rings (SSSR count). The lowest BCUT2D eigenvalue weighted by Crippen LogP contribution is -2.62. The van der Waals surface area contributed by atoms with E-state index in [4.69, 9.17) is 0 Å². The third-order valence-electron chi connectivity index (χ3n) is 9.08. The fourth-order valence-electron chi connectivity index (χ4n) is 7.64. The fraction of sp³-hybridized carbons (Fsp3) is 0.905.